The molecule has 3 heterocycles. The summed E-state index contributed by atoms with van der Waals surface area (Å²) in [5.41, 5.74) is 2.73. The molecule has 0 amide bonds. The topological polar surface area (TPSA) is 24.3 Å². The molecule has 0 aliphatic carbocycles. The number of benzene rings is 1. The van der Waals surface area contributed by atoms with Gasteiger partial charge in [0.15, 0.2) is 0 Å². The fourth-order valence-electron chi connectivity index (χ4n) is 4.82. The van der Waals surface area contributed by atoms with E-state index < -0.39 is 0 Å². The second kappa shape index (κ2) is 8.76. The number of halogens is 1. The van der Waals surface area contributed by atoms with E-state index in [4.69, 9.17) is 11.6 Å². The van der Waals surface area contributed by atoms with Crippen LogP contribution in [0.1, 0.15) is 37.4 Å². The summed E-state index contributed by atoms with van der Waals surface area (Å²) in [6.45, 7) is 10.3. The number of hydrogen-bond acceptors (Lipinski definition) is 3. The minimum atomic E-state index is 0.826. The summed E-state index contributed by atoms with van der Waals surface area (Å²) in [5, 5.41) is 0.826. The van der Waals surface area contributed by atoms with E-state index in [1.54, 1.807) is 0 Å². The van der Waals surface area contributed by atoms with Crippen LogP contribution in [-0.2, 0) is 19.6 Å². The number of hydrogen-bond donors (Lipinski definition) is 0. The molecule has 4 nitrogen and oxygen atoms in total. The standard InChI is InChI=1S/C22H31ClN4/c1-2-27-17-24-13-22(27)16-25-10-7-19(8-11-25)20-9-12-26(15-20)14-18-3-5-21(23)6-4-18/h3-6,13,17,19-20H,2,7-12,14-16H2,1H3/t20-/m1/s1. The van der Waals surface area contributed by atoms with Crippen LogP contribution >= 0.6 is 11.6 Å². The van der Waals surface area contributed by atoms with E-state index in [1.165, 1.54) is 56.7 Å². The molecule has 0 spiro atoms. The molecule has 2 aromatic rings. The highest BCUT2D eigenvalue weighted by Crippen LogP contribution is 2.33. The zero-order valence-electron chi connectivity index (χ0n) is 16.4. The highest BCUT2D eigenvalue weighted by Gasteiger charge is 2.31. The Bertz CT molecular complexity index is 718. The molecule has 5 heteroatoms. The highest BCUT2D eigenvalue weighted by atomic mass is 35.5. The van der Waals surface area contributed by atoms with E-state index in [-0.39, 0.29) is 0 Å². The molecule has 2 saturated heterocycles. The van der Waals surface area contributed by atoms with Crippen LogP contribution in [0.15, 0.2) is 36.8 Å². The Morgan fingerprint density at radius 1 is 0.963 bits per heavy atom. The smallest absolute Gasteiger partial charge is 0.0948 e. The Labute approximate surface area is 168 Å². The van der Waals surface area contributed by atoms with Crippen molar-refractivity contribution >= 4 is 11.6 Å². The van der Waals surface area contributed by atoms with Crippen molar-refractivity contribution in [2.45, 2.75) is 45.8 Å². The number of nitrogens with zero attached hydrogens (tertiary/aromatic N) is 4. The molecule has 1 aromatic carbocycles. The van der Waals surface area contributed by atoms with E-state index in [2.05, 4.69) is 38.4 Å². The number of rotatable bonds is 6. The Balaban J connectivity index is 1.23. The maximum absolute atomic E-state index is 6.00. The van der Waals surface area contributed by atoms with Crippen molar-refractivity contribution in [2.75, 3.05) is 26.2 Å². The minimum Gasteiger partial charge on any atom is -0.334 e. The molecule has 1 aromatic heterocycles. The third-order valence-electron chi connectivity index (χ3n) is 6.45. The zero-order chi connectivity index (χ0) is 18.6. The molecule has 0 radical (unpaired) electrons. The molecule has 2 aliphatic heterocycles. The van der Waals surface area contributed by atoms with Gasteiger partial charge in [-0.3, -0.25) is 9.80 Å². The molecule has 0 bridgehead atoms. The summed E-state index contributed by atoms with van der Waals surface area (Å²) in [5.74, 6) is 1.77. The van der Waals surface area contributed by atoms with Crippen molar-refractivity contribution in [2.24, 2.45) is 11.8 Å². The van der Waals surface area contributed by atoms with Gasteiger partial charge in [0.05, 0.1) is 12.0 Å². The monoisotopic (exact) mass is 386 g/mol. The largest absolute Gasteiger partial charge is 0.334 e. The second-order valence-electron chi connectivity index (χ2n) is 8.19. The van der Waals surface area contributed by atoms with Crippen molar-refractivity contribution in [3.05, 3.63) is 53.1 Å². The molecule has 1 atom stereocenters. The van der Waals surface area contributed by atoms with Gasteiger partial charge in [-0.25, -0.2) is 4.98 Å². The fourth-order valence-corrected chi connectivity index (χ4v) is 4.94. The molecular weight excluding hydrogens is 356 g/mol. The Hall–Kier alpha value is -1.36. The lowest BCUT2D eigenvalue weighted by atomic mass is 9.84. The lowest BCUT2D eigenvalue weighted by Crippen LogP contribution is -2.36. The molecule has 2 aliphatic rings. The lowest BCUT2D eigenvalue weighted by molar-refractivity contribution is 0.139. The number of imidazole rings is 1. The van der Waals surface area contributed by atoms with Crippen molar-refractivity contribution in [1.82, 2.24) is 19.4 Å². The van der Waals surface area contributed by atoms with Crippen LogP contribution in [0.3, 0.4) is 0 Å². The SMILES string of the molecule is CCn1cncc1CN1CCC([C@@H]2CCN(Cc3ccc(Cl)cc3)C2)CC1. The van der Waals surface area contributed by atoms with E-state index in [0.717, 1.165) is 36.5 Å². The van der Waals surface area contributed by atoms with Gasteiger partial charge in [0.25, 0.3) is 0 Å². The summed E-state index contributed by atoms with van der Waals surface area (Å²) < 4.78 is 2.26. The van der Waals surface area contributed by atoms with Crippen molar-refractivity contribution < 1.29 is 0 Å². The number of piperidine rings is 1. The van der Waals surface area contributed by atoms with E-state index in [9.17, 15) is 0 Å². The first-order valence-corrected chi connectivity index (χ1v) is 10.8. The Morgan fingerprint density at radius 3 is 2.41 bits per heavy atom. The summed E-state index contributed by atoms with van der Waals surface area (Å²) >= 11 is 6.00. The first-order valence-electron chi connectivity index (χ1n) is 10.4. The van der Waals surface area contributed by atoms with Gasteiger partial charge in [0.2, 0.25) is 0 Å². The average Bonchev–Trinajstić information content (AvgIpc) is 3.33. The molecule has 4 rings (SSSR count). The van der Waals surface area contributed by atoms with Crippen LogP contribution in [0, 0.1) is 11.8 Å². The van der Waals surface area contributed by atoms with Crippen molar-refractivity contribution in [1.29, 1.82) is 0 Å². The van der Waals surface area contributed by atoms with Gasteiger partial charge in [-0.2, -0.15) is 0 Å². The average molecular weight is 387 g/mol. The van der Waals surface area contributed by atoms with Crippen LogP contribution in [0.2, 0.25) is 5.02 Å². The molecule has 2 fully saturated rings. The van der Waals surface area contributed by atoms with Crippen molar-refractivity contribution in [3.63, 3.8) is 0 Å². The first-order chi connectivity index (χ1) is 13.2. The van der Waals surface area contributed by atoms with Crippen LogP contribution in [0.5, 0.6) is 0 Å². The van der Waals surface area contributed by atoms with E-state index >= 15 is 0 Å². The van der Waals surface area contributed by atoms with E-state index in [1.807, 2.05) is 24.7 Å². The molecule has 0 saturated carbocycles. The number of likely N-dealkylation sites (tertiary alicyclic amines) is 2. The van der Waals surface area contributed by atoms with Crippen LogP contribution < -0.4 is 0 Å². The highest BCUT2D eigenvalue weighted by molar-refractivity contribution is 6.30. The lowest BCUT2D eigenvalue weighted by Gasteiger charge is -2.35. The molecule has 0 unspecified atom stereocenters. The normalized spacial score (nSPS) is 22.5. The summed E-state index contributed by atoms with van der Waals surface area (Å²) in [6.07, 6.45) is 8.04. The molecule has 146 valence electrons. The third-order valence-corrected chi connectivity index (χ3v) is 6.70. The van der Waals surface area contributed by atoms with E-state index in [0.29, 0.717) is 0 Å². The maximum Gasteiger partial charge on any atom is 0.0948 e. The summed E-state index contributed by atoms with van der Waals surface area (Å²) in [7, 11) is 0. The molecular formula is C22H31ClN4. The first kappa shape index (κ1) is 19.0. The van der Waals surface area contributed by atoms with Crippen LogP contribution in [0.25, 0.3) is 0 Å². The fraction of sp³-hybridized carbons (Fsp3) is 0.591. The number of aryl methyl sites for hydroxylation is 1. The third kappa shape index (κ3) is 4.74. The van der Waals surface area contributed by atoms with Gasteiger partial charge in [-0.15, -0.1) is 0 Å². The Kier molecular flexibility index (Phi) is 6.16. The van der Waals surface area contributed by atoms with Crippen molar-refractivity contribution in [3.8, 4) is 0 Å². The molecule has 0 N–H and O–H groups in total. The quantitative estimate of drug-likeness (QED) is 0.740. The number of aromatic nitrogens is 2. The van der Waals surface area contributed by atoms with Gasteiger partial charge in [-0.05, 0) is 75.4 Å². The van der Waals surface area contributed by atoms with Gasteiger partial charge in [-0.1, -0.05) is 23.7 Å². The van der Waals surface area contributed by atoms with Gasteiger partial charge in [0.1, 0.15) is 0 Å². The van der Waals surface area contributed by atoms with Gasteiger partial charge >= 0.3 is 0 Å². The van der Waals surface area contributed by atoms with Crippen LogP contribution in [-0.4, -0.2) is 45.5 Å². The maximum atomic E-state index is 6.00. The second-order valence-corrected chi connectivity index (χ2v) is 8.63. The predicted molar refractivity (Wildman–Crippen MR) is 111 cm³/mol. The van der Waals surface area contributed by atoms with Gasteiger partial charge in [0, 0.05) is 37.4 Å². The minimum absolute atomic E-state index is 0.826. The van der Waals surface area contributed by atoms with Gasteiger partial charge < -0.3 is 4.57 Å². The van der Waals surface area contributed by atoms with Crippen LogP contribution in [0.4, 0.5) is 0 Å². The Morgan fingerprint density at radius 2 is 1.67 bits per heavy atom. The molecule has 27 heavy (non-hydrogen) atoms. The summed E-state index contributed by atoms with van der Waals surface area (Å²) in [4.78, 5) is 9.54. The summed E-state index contributed by atoms with van der Waals surface area (Å²) in [6, 6.07) is 8.33. The zero-order valence-corrected chi connectivity index (χ0v) is 17.1. The predicted octanol–water partition coefficient (Wildman–Crippen LogP) is 4.29.